The SMILES string of the molecule is N=C(N)NCCC[C@H](NC(=O)[C@@H](N)Cc1ccc(O)cc1)C(=O)NCC(=O)N[C@@H](CC(=O)O)C(=O)N[C@@H](CO)C(=O)O. The monoisotopic (exact) mass is 596 g/mol. The molecule has 1 aromatic carbocycles. The number of carboxylic acid groups (broad SMARTS) is 2. The van der Waals surface area contributed by atoms with Crippen LogP contribution < -0.4 is 38.1 Å². The van der Waals surface area contributed by atoms with Gasteiger partial charge in [-0.3, -0.25) is 29.4 Å². The number of rotatable bonds is 18. The smallest absolute Gasteiger partial charge is 0.328 e. The van der Waals surface area contributed by atoms with Crippen LogP contribution in [-0.4, -0.2) is 106 Å². The average Bonchev–Trinajstić information content (AvgIpc) is 2.91. The lowest BCUT2D eigenvalue weighted by Crippen LogP contribution is -2.56. The molecular formula is C24H36N8O10. The third-order valence-corrected chi connectivity index (χ3v) is 5.60. The van der Waals surface area contributed by atoms with Gasteiger partial charge in [-0.05, 0) is 37.0 Å². The highest BCUT2D eigenvalue weighted by Gasteiger charge is 2.29. The molecule has 0 unspecified atom stereocenters. The molecule has 4 amide bonds. The van der Waals surface area contributed by atoms with E-state index in [-0.39, 0.29) is 37.5 Å². The summed E-state index contributed by atoms with van der Waals surface area (Å²) < 4.78 is 0. The van der Waals surface area contributed by atoms with Crippen LogP contribution in [0.5, 0.6) is 5.75 Å². The largest absolute Gasteiger partial charge is 0.508 e. The average molecular weight is 597 g/mol. The maximum Gasteiger partial charge on any atom is 0.328 e. The Kier molecular flexibility index (Phi) is 14.7. The Bertz CT molecular complexity index is 1130. The summed E-state index contributed by atoms with van der Waals surface area (Å²) in [6, 6.07) is 0.246. The van der Waals surface area contributed by atoms with Crippen molar-refractivity contribution in [3.05, 3.63) is 29.8 Å². The summed E-state index contributed by atoms with van der Waals surface area (Å²) in [5.41, 5.74) is 11.9. The first-order chi connectivity index (χ1) is 19.7. The molecule has 0 spiro atoms. The number of aromatic hydroxyl groups is 1. The topological polar surface area (TPSA) is 319 Å². The molecule has 0 aliphatic carbocycles. The van der Waals surface area contributed by atoms with Crippen LogP contribution in [0.15, 0.2) is 24.3 Å². The second-order valence-electron chi connectivity index (χ2n) is 9.04. The van der Waals surface area contributed by atoms with Crippen molar-refractivity contribution in [1.29, 1.82) is 5.41 Å². The van der Waals surface area contributed by atoms with Crippen molar-refractivity contribution in [2.24, 2.45) is 11.5 Å². The molecule has 0 bridgehead atoms. The highest BCUT2D eigenvalue weighted by molar-refractivity contribution is 5.95. The first-order valence-corrected chi connectivity index (χ1v) is 12.6. The van der Waals surface area contributed by atoms with Gasteiger partial charge < -0.3 is 58.5 Å². The van der Waals surface area contributed by atoms with Gasteiger partial charge in [-0.2, -0.15) is 0 Å². The van der Waals surface area contributed by atoms with E-state index >= 15 is 0 Å². The Morgan fingerprint density at radius 3 is 2.02 bits per heavy atom. The zero-order valence-electron chi connectivity index (χ0n) is 22.5. The Hall–Kier alpha value is -4.97. The molecule has 0 aliphatic heterocycles. The zero-order chi connectivity index (χ0) is 31.8. The summed E-state index contributed by atoms with van der Waals surface area (Å²) in [6.07, 6.45) is -0.550. The van der Waals surface area contributed by atoms with Crippen LogP contribution in [0.4, 0.5) is 0 Å². The highest BCUT2D eigenvalue weighted by Crippen LogP contribution is 2.11. The van der Waals surface area contributed by atoms with Crippen LogP contribution in [0.3, 0.4) is 0 Å². The number of nitrogens with one attached hydrogen (secondary N) is 6. The number of carbonyl (C=O) groups is 6. The Morgan fingerprint density at radius 2 is 1.48 bits per heavy atom. The summed E-state index contributed by atoms with van der Waals surface area (Å²) in [7, 11) is 0. The van der Waals surface area contributed by atoms with Crippen LogP contribution in [0.25, 0.3) is 0 Å². The standard InChI is InChI=1S/C24H36N8O10/c25-14(8-12-3-5-13(34)6-4-12)20(38)31-15(2-1-7-28-24(26)27)21(39)29-10-18(35)30-16(9-19(36)37)22(40)32-17(11-33)23(41)42/h3-6,14-17,33-34H,1-2,7-11,25H2,(H,29,39)(H,30,35)(H,31,38)(H,32,40)(H,36,37)(H,41,42)(H4,26,27,28)/t14-,15-,16-,17-/m0/s1. The number of hydrogen-bond donors (Lipinski definition) is 12. The number of nitrogens with two attached hydrogens (primary N) is 2. The molecule has 1 aromatic rings. The summed E-state index contributed by atoms with van der Waals surface area (Å²) in [5, 5.41) is 54.9. The van der Waals surface area contributed by atoms with Gasteiger partial charge in [0.25, 0.3) is 0 Å². The van der Waals surface area contributed by atoms with E-state index in [1.165, 1.54) is 12.1 Å². The molecule has 18 nitrogen and oxygen atoms in total. The molecule has 18 heteroatoms. The van der Waals surface area contributed by atoms with Crippen molar-refractivity contribution in [2.75, 3.05) is 19.7 Å². The first-order valence-electron chi connectivity index (χ1n) is 12.6. The minimum absolute atomic E-state index is 0.0289. The van der Waals surface area contributed by atoms with Crippen LogP contribution in [0, 0.1) is 5.41 Å². The highest BCUT2D eigenvalue weighted by atomic mass is 16.4. The molecule has 14 N–H and O–H groups in total. The number of aliphatic carboxylic acids is 2. The van der Waals surface area contributed by atoms with Crippen molar-refractivity contribution >= 4 is 41.5 Å². The molecule has 0 aromatic heterocycles. The summed E-state index contributed by atoms with van der Waals surface area (Å²) >= 11 is 0. The van der Waals surface area contributed by atoms with E-state index in [1.54, 1.807) is 12.1 Å². The van der Waals surface area contributed by atoms with Gasteiger partial charge in [0.15, 0.2) is 5.96 Å². The minimum Gasteiger partial charge on any atom is -0.508 e. The van der Waals surface area contributed by atoms with Crippen LogP contribution in [0.1, 0.15) is 24.8 Å². The lowest BCUT2D eigenvalue weighted by atomic mass is 10.0. The lowest BCUT2D eigenvalue weighted by molar-refractivity contribution is -0.144. The number of aliphatic hydroxyl groups excluding tert-OH is 1. The minimum atomic E-state index is -1.74. The van der Waals surface area contributed by atoms with E-state index in [0.29, 0.717) is 5.56 Å². The van der Waals surface area contributed by atoms with Gasteiger partial charge in [0, 0.05) is 6.54 Å². The van der Waals surface area contributed by atoms with Gasteiger partial charge in [-0.25, -0.2) is 4.79 Å². The fourth-order valence-electron chi connectivity index (χ4n) is 3.43. The van der Waals surface area contributed by atoms with Crippen molar-refractivity contribution in [3.63, 3.8) is 0 Å². The van der Waals surface area contributed by atoms with Gasteiger partial charge >= 0.3 is 11.9 Å². The van der Waals surface area contributed by atoms with Gasteiger partial charge in [0.2, 0.25) is 23.6 Å². The molecule has 4 atom stereocenters. The van der Waals surface area contributed by atoms with E-state index in [2.05, 4.69) is 21.3 Å². The van der Waals surface area contributed by atoms with Gasteiger partial charge in [-0.1, -0.05) is 12.1 Å². The summed E-state index contributed by atoms with van der Waals surface area (Å²) in [5.74, 6) is -7.07. The van der Waals surface area contributed by atoms with Crippen LogP contribution >= 0.6 is 0 Å². The third-order valence-electron chi connectivity index (χ3n) is 5.60. The quantitative estimate of drug-likeness (QED) is 0.0433. The number of amides is 4. The molecule has 0 radical (unpaired) electrons. The maximum atomic E-state index is 12.9. The molecule has 0 heterocycles. The van der Waals surface area contributed by atoms with Gasteiger partial charge in [-0.15, -0.1) is 0 Å². The van der Waals surface area contributed by atoms with Crippen molar-refractivity contribution in [1.82, 2.24) is 26.6 Å². The molecule has 1 rings (SSSR count). The number of carboxylic acids is 2. The summed E-state index contributed by atoms with van der Waals surface area (Å²) in [6.45, 7) is -1.55. The summed E-state index contributed by atoms with van der Waals surface area (Å²) in [4.78, 5) is 72.5. The predicted octanol–water partition coefficient (Wildman–Crippen LogP) is -4.35. The molecule has 42 heavy (non-hydrogen) atoms. The van der Waals surface area contributed by atoms with Crippen molar-refractivity contribution in [3.8, 4) is 5.75 Å². The van der Waals surface area contributed by atoms with Crippen molar-refractivity contribution in [2.45, 2.75) is 49.9 Å². The lowest BCUT2D eigenvalue weighted by Gasteiger charge is -2.22. The second-order valence-corrected chi connectivity index (χ2v) is 9.04. The Labute approximate surface area is 239 Å². The van der Waals surface area contributed by atoms with E-state index in [0.717, 1.165) is 0 Å². The number of benzene rings is 1. The van der Waals surface area contributed by atoms with Crippen LogP contribution in [-0.2, 0) is 35.2 Å². The second kappa shape index (κ2) is 17.7. The van der Waals surface area contributed by atoms with Crippen LogP contribution in [0.2, 0.25) is 0 Å². The predicted molar refractivity (Wildman–Crippen MR) is 145 cm³/mol. The molecule has 0 fully saturated rings. The number of carbonyl (C=O) groups excluding carboxylic acids is 4. The Morgan fingerprint density at radius 1 is 0.857 bits per heavy atom. The fraction of sp³-hybridized carbons (Fsp3) is 0.458. The van der Waals surface area contributed by atoms with E-state index in [9.17, 15) is 33.9 Å². The van der Waals surface area contributed by atoms with Gasteiger partial charge in [0.1, 0.15) is 23.9 Å². The number of phenols is 1. The molecule has 0 aliphatic rings. The first kappa shape index (κ1) is 35.1. The number of phenolic OH excluding ortho intramolecular Hbond substituents is 1. The molecule has 0 saturated carbocycles. The molecule has 232 valence electrons. The van der Waals surface area contributed by atoms with Gasteiger partial charge in [0.05, 0.1) is 25.6 Å². The number of hydrogen-bond acceptors (Lipinski definition) is 10. The molecular weight excluding hydrogens is 560 g/mol. The van der Waals surface area contributed by atoms with E-state index in [1.807, 2.05) is 5.32 Å². The van der Waals surface area contributed by atoms with Crippen molar-refractivity contribution < 1.29 is 49.2 Å². The maximum absolute atomic E-state index is 12.9. The van der Waals surface area contributed by atoms with E-state index < -0.39 is 79.3 Å². The van der Waals surface area contributed by atoms with E-state index in [4.69, 9.17) is 32.2 Å². The number of aliphatic hydroxyl groups is 1. The molecule has 0 saturated heterocycles. The zero-order valence-corrected chi connectivity index (χ0v) is 22.5. The Balaban J connectivity index is 2.84. The third kappa shape index (κ3) is 13.4. The number of guanidine groups is 1. The normalized spacial score (nSPS) is 13.4. The fourth-order valence-corrected chi connectivity index (χ4v) is 3.43.